The maximum atomic E-state index is 11.6. The summed E-state index contributed by atoms with van der Waals surface area (Å²) in [7, 11) is 4.11. The van der Waals surface area contributed by atoms with Crippen LogP contribution >= 0.6 is 0 Å². The summed E-state index contributed by atoms with van der Waals surface area (Å²) in [4.78, 5) is 13.7. The summed E-state index contributed by atoms with van der Waals surface area (Å²) in [6, 6.07) is 16.2. The predicted molar refractivity (Wildman–Crippen MR) is 120 cm³/mol. The maximum Gasteiger partial charge on any atom is 0.344 e. The molecule has 0 fully saturated rings. The van der Waals surface area contributed by atoms with E-state index in [2.05, 4.69) is 64.0 Å². The SMILES string of the molecule is CN(C)c1ccccc1CCCCCC(Oc1ccc(C(C)(C)C)cc1)C(=O)O. The molecule has 2 rings (SSSR count). The van der Waals surface area contributed by atoms with Gasteiger partial charge in [0.05, 0.1) is 0 Å². The summed E-state index contributed by atoms with van der Waals surface area (Å²) in [5, 5.41) is 9.52. The Morgan fingerprint density at radius 1 is 1.00 bits per heavy atom. The smallest absolute Gasteiger partial charge is 0.344 e. The third-order valence-electron chi connectivity index (χ3n) is 5.16. The molecule has 0 aliphatic rings. The van der Waals surface area contributed by atoms with E-state index in [4.69, 9.17) is 4.74 Å². The van der Waals surface area contributed by atoms with Gasteiger partial charge in [-0.1, -0.05) is 57.5 Å². The number of aryl methyl sites for hydroxylation is 1. The van der Waals surface area contributed by atoms with Gasteiger partial charge in [-0.15, -0.1) is 0 Å². The summed E-state index contributed by atoms with van der Waals surface area (Å²) >= 11 is 0. The monoisotopic (exact) mass is 397 g/mol. The van der Waals surface area contributed by atoms with E-state index < -0.39 is 12.1 Å². The van der Waals surface area contributed by atoms with Gasteiger partial charge in [0.15, 0.2) is 6.10 Å². The van der Waals surface area contributed by atoms with Crippen LogP contribution in [0.15, 0.2) is 48.5 Å². The van der Waals surface area contributed by atoms with Crippen LogP contribution in [0.25, 0.3) is 0 Å². The molecule has 2 aromatic rings. The zero-order valence-electron chi connectivity index (χ0n) is 18.4. The van der Waals surface area contributed by atoms with Crippen LogP contribution in [-0.2, 0) is 16.6 Å². The van der Waals surface area contributed by atoms with Crippen molar-refractivity contribution < 1.29 is 14.6 Å². The van der Waals surface area contributed by atoms with E-state index in [-0.39, 0.29) is 5.41 Å². The summed E-state index contributed by atoms with van der Waals surface area (Å²) < 4.78 is 5.75. The average molecular weight is 398 g/mol. The second-order valence-corrected chi connectivity index (χ2v) is 8.84. The third-order valence-corrected chi connectivity index (χ3v) is 5.16. The van der Waals surface area contributed by atoms with Gasteiger partial charge < -0.3 is 14.7 Å². The van der Waals surface area contributed by atoms with Crippen molar-refractivity contribution in [2.45, 2.75) is 64.4 Å². The Hall–Kier alpha value is -2.49. The van der Waals surface area contributed by atoms with Crippen LogP contribution in [0.1, 0.15) is 57.6 Å². The number of rotatable bonds is 10. The standard InChI is InChI=1S/C25H35NO3/c1-25(2,3)20-15-17-21(18-16-20)29-23(24(27)28)14-8-6-7-11-19-12-9-10-13-22(19)26(4)5/h9-10,12-13,15-18,23H,6-8,11,14H2,1-5H3,(H,27,28). The van der Waals surface area contributed by atoms with Crippen molar-refractivity contribution in [2.24, 2.45) is 0 Å². The highest BCUT2D eigenvalue weighted by atomic mass is 16.5. The van der Waals surface area contributed by atoms with Gasteiger partial charge in [-0.25, -0.2) is 4.79 Å². The zero-order valence-corrected chi connectivity index (χ0v) is 18.4. The highest BCUT2D eigenvalue weighted by molar-refractivity contribution is 5.72. The normalized spacial score (nSPS) is 12.4. The number of nitrogens with zero attached hydrogens (tertiary/aromatic N) is 1. The minimum absolute atomic E-state index is 0.0654. The van der Waals surface area contributed by atoms with Crippen LogP contribution in [0.4, 0.5) is 5.69 Å². The number of carboxylic acid groups (broad SMARTS) is 1. The third kappa shape index (κ3) is 7.12. The van der Waals surface area contributed by atoms with Crippen LogP contribution < -0.4 is 9.64 Å². The van der Waals surface area contributed by atoms with E-state index in [9.17, 15) is 9.90 Å². The molecule has 0 aromatic heterocycles. The molecule has 0 saturated carbocycles. The summed E-state index contributed by atoms with van der Waals surface area (Å²) in [5.74, 6) is -0.284. The van der Waals surface area contributed by atoms with Gasteiger partial charge >= 0.3 is 5.97 Å². The van der Waals surface area contributed by atoms with Gasteiger partial charge in [-0.2, -0.15) is 0 Å². The van der Waals surface area contributed by atoms with E-state index >= 15 is 0 Å². The molecule has 4 heteroatoms. The molecule has 0 spiro atoms. The number of para-hydroxylation sites is 1. The molecule has 29 heavy (non-hydrogen) atoms. The molecule has 1 N–H and O–H groups in total. The Kier molecular flexibility index (Phi) is 8.12. The summed E-state index contributed by atoms with van der Waals surface area (Å²) in [5.41, 5.74) is 3.85. The van der Waals surface area contributed by atoms with Crippen LogP contribution in [0.3, 0.4) is 0 Å². The van der Waals surface area contributed by atoms with Crippen molar-refractivity contribution in [2.75, 3.05) is 19.0 Å². The van der Waals surface area contributed by atoms with Gasteiger partial charge in [0, 0.05) is 19.8 Å². The molecular formula is C25H35NO3. The van der Waals surface area contributed by atoms with E-state index in [1.54, 1.807) is 0 Å². The number of unbranched alkanes of at least 4 members (excludes halogenated alkanes) is 2. The molecule has 2 aromatic carbocycles. The van der Waals surface area contributed by atoms with Crippen LogP contribution in [0.2, 0.25) is 0 Å². The average Bonchev–Trinajstić information content (AvgIpc) is 2.66. The lowest BCUT2D eigenvalue weighted by Crippen LogP contribution is -2.27. The van der Waals surface area contributed by atoms with E-state index in [1.165, 1.54) is 16.8 Å². The van der Waals surface area contributed by atoms with E-state index in [0.29, 0.717) is 12.2 Å². The Morgan fingerprint density at radius 3 is 2.24 bits per heavy atom. The molecule has 0 bridgehead atoms. The van der Waals surface area contributed by atoms with Gasteiger partial charge in [0.25, 0.3) is 0 Å². The van der Waals surface area contributed by atoms with Crippen LogP contribution in [-0.4, -0.2) is 31.3 Å². The highest BCUT2D eigenvalue weighted by Gasteiger charge is 2.20. The quantitative estimate of drug-likeness (QED) is 0.524. The number of carbonyl (C=O) groups is 1. The van der Waals surface area contributed by atoms with Gasteiger partial charge in [0.1, 0.15) is 5.75 Å². The number of ether oxygens (including phenoxy) is 1. The molecule has 158 valence electrons. The lowest BCUT2D eigenvalue weighted by molar-refractivity contribution is -0.145. The topological polar surface area (TPSA) is 49.8 Å². The van der Waals surface area contributed by atoms with Crippen molar-refractivity contribution in [3.8, 4) is 5.75 Å². The predicted octanol–water partition coefficient (Wildman–Crippen LogP) is 5.69. The van der Waals surface area contributed by atoms with Crippen molar-refractivity contribution in [1.29, 1.82) is 0 Å². The summed E-state index contributed by atoms with van der Waals surface area (Å²) in [6.07, 6.45) is 3.58. The zero-order chi connectivity index (χ0) is 21.4. The second kappa shape index (κ2) is 10.3. The molecule has 1 atom stereocenters. The summed E-state index contributed by atoms with van der Waals surface area (Å²) in [6.45, 7) is 6.46. The molecule has 0 saturated heterocycles. The Balaban J connectivity index is 1.82. The first-order valence-corrected chi connectivity index (χ1v) is 10.4. The largest absolute Gasteiger partial charge is 0.479 e. The number of hydrogen-bond donors (Lipinski definition) is 1. The van der Waals surface area contributed by atoms with E-state index in [0.717, 1.165) is 25.7 Å². The number of carboxylic acids is 1. The molecule has 0 aliphatic heterocycles. The van der Waals surface area contributed by atoms with Crippen molar-refractivity contribution >= 4 is 11.7 Å². The fourth-order valence-corrected chi connectivity index (χ4v) is 3.41. The van der Waals surface area contributed by atoms with Gasteiger partial charge in [0.2, 0.25) is 0 Å². The number of hydrogen-bond acceptors (Lipinski definition) is 3. The fourth-order valence-electron chi connectivity index (χ4n) is 3.41. The maximum absolute atomic E-state index is 11.6. The minimum atomic E-state index is -0.900. The van der Waals surface area contributed by atoms with Crippen LogP contribution in [0.5, 0.6) is 5.75 Å². The fraction of sp³-hybridized carbons (Fsp3) is 0.480. The second-order valence-electron chi connectivity index (χ2n) is 8.84. The number of benzene rings is 2. The van der Waals surface area contributed by atoms with Gasteiger partial charge in [-0.3, -0.25) is 0 Å². The van der Waals surface area contributed by atoms with Crippen molar-refractivity contribution in [3.05, 3.63) is 59.7 Å². The van der Waals surface area contributed by atoms with Crippen molar-refractivity contribution in [1.82, 2.24) is 0 Å². The molecule has 0 aliphatic carbocycles. The Bertz CT molecular complexity index is 775. The molecule has 4 nitrogen and oxygen atoms in total. The molecule has 1 unspecified atom stereocenters. The lowest BCUT2D eigenvalue weighted by atomic mass is 9.87. The van der Waals surface area contributed by atoms with Gasteiger partial charge in [-0.05, 0) is 60.4 Å². The first-order valence-electron chi connectivity index (χ1n) is 10.4. The molecule has 0 radical (unpaired) electrons. The molecule has 0 amide bonds. The highest BCUT2D eigenvalue weighted by Crippen LogP contribution is 2.25. The lowest BCUT2D eigenvalue weighted by Gasteiger charge is -2.20. The Morgan fingerprint density at radius 2 is 1.66 bits per heavy atom. The Labute approximate surface area is 175 Å². The molecular weight excluding hydrogens is 362 g/mol. The van der Waals surface area contributed by atoms with Crippen LogP contribution in [0, 0.1) is 0 Å². The van der Waals surface area contributed by atoms with E-state index in [1.807, 2.05) is 24.3 Å². The van der Waals surface area contributed by atoms with Crippen molar-refractivity contribution in [3.63, 3.8) is 0 Å². The first-order chi connectivity index (χ1) is 13.7. The first kappa shape index (κ1) is 22.8. The minimum Gasteiger partial charge on any atom is -0.479 e. The number of anilines is 1. The number of aliphatic carboxylic acids is 1. The molecule has 0 heterocycles.